The zero-order chi connectivity index (χ0) is 21.2. The van der Waals surface area contributed by atoms with Gasteiger partial charge < -0.3 is 4.90 Å². The average molecular weight is 527 g/mol. The summed E-state index contributed by atoms with van der Waals surface area (Å²) in [4.78, 5) is 7.71. The van der Waals surface area contributed by atoms with Gasteiger partial charge in [0.15, 0.2) is 0 Å². The molecule has 156 valence electrons. The molecule has 0 radical (unpaired) electrons. The van der Waals surface area contributed by atoms with E-state index in [1.165, 1.54) is 62.0 Å². The highest BCUT2D eigenvalue weighted by Gasteiger charge is 2.41. The summed E-state index contributed by atoms with van der Waals surface area (Å²) < 4.78 is 3.81. The Labute approximate surface area is 201 Å². The van der Waals surface area contributed by atoms with E-state index in [0.717, 1.165) is 17.8 Å². The molecule has 1 aliphatic carbocycles. The lowest BCUT2D eigenvalue weighted by atomic mass is 9.88. The Kier molecular flexibility index (Phi) is 4.13. The zero-order valence-corrected chi connectivity index (χ0v) is 19.8. The van der Waals surface area contributed by atoms with Gasteiger partial charge in [0.05, 0.1) is 22.4 Å². The highest BCUT2D eigenvalue weighted by atomic mass is 127. The number of aromatic nitrogens is 2. The van der Waals surface area contributed by atoms with Crippen molar-refractivity contribution in [2.45, 2.75) is 31.8 Å². The average Bonchev–Trinajstić information content (AvgIpc) is 3.25. The first kappa shape index (κ1) is 18.7. The van der Waals surface area contributed by atoms with Crippen LogP contribution in [-0.2, 0) is 0 Å². The van der Waals surface area contributed by atoms with Crippen LogP contribution in [0.2, 0.25) is 0 Å². The molecule has 4 aromatic rings. The largest absolute Gasteiger partial charge is 0.314 e. The van der Waals surface area contributed by atoms with Crippen molar-refractivity contribution in [2.75, 3.05) is 4.90 Å². The molecule has 3 aromatic carbocycles. The number of imidazole rings is 1. The van der Waals surface area contributed by atoms with Crippen LogP contribution in [0.5, 0.6) is 0 Å². The van der Waals surface area contributed by atoms with E-state index >= 15 is 0 Å². The number of para-hydroxylation sites is 3. The Morgan fingerprint density at radius 2 is 1.62 bits per heavy atom. The molecule has 1 unspecified atom stereocenters. The Hall–Kier alpha value is -2.86. The third-order valence-electron chi connectivity index (χ3n) is 7.01. The third kappa shape index (κ3) is 2.50. The first-order valence-corrected chi connectivity index (χ1v) is 12.4. The molecule has 0 saturated heterocycles. The van der Waals surface area contributed by atoms with E-state index in [2.05, 4.69) is 111 Å². The fraction of sp³-hybridized carbons (Fsp3) is 0.179. The van der Waals surface area contributed by atoms with E-state index in [9.17, 15) is 0 Å². The van der Waals surface area contributed by atoms with E-state index in [1.807, 2.05) is 0 Å². The van der Waals surface area contributed by atoms with Gasteiger partial charge in [0.2, 0.25) is 0 Å². The monoisotopic (exact) mass is 527 g/mol. The van der Waals surface area contributed by atoms with E-state index < -0.39 is 0 Å². The Balaban J connectivity index is 1.62. The number of benzene rings is 3. The number of rotatable bonds is 1. The summed E-state index contributed by atoms with van der Waals surface area (Å²) >= 11 is 2.59. The molecular formula is C28H22IN3. The number of anilines is 1. The second-order valence-corrected chi connectivity index (χ2v) is 9.86. The minimum atomic E-state index is 0.0554. The van der Waals surface area contributed by atoms with Gasteiger partial charge in [0.1, 0.15) is 12.0 Å². The fourth-order valence-corrected chi connectivity index (χ4v) is 6.72. The van der Waals surface area contributed by atoms with E-state index in [-0.39, 0.29) is 6.17 Å². The van der Waals surface area contributed by atoms with Gasteiger partial charge >= 0.3 is 0 Å². The van der Waals surface area contributed by atoms with Crippen molar-refractivity contribution < 1.29 is 0 Å². The quantitative estimate of drug-likeness (QED) is 0.237. The van der Waals surface area contributed by atoms with Gasteiger partial charge in [0.25, 0.3) is 0 Å². The Morgan fingerprint density at radius 3 is 2.50 bits per heavy atom. The van der Waals surface area contributed by atoms with Crippen LogP contribution < -0.4 is 4.90 Å². The number of hydrogen-bond donors (Lipinski definition) is 0. The second kappa shape index (κ2) is 7.07. The van der Waals surface area contributed by atoms with Gasteiger partial charge in [-0.15, -0.1) is 0 Å². The van der Waals surface area contributed by atoms with Gasteiger partial charge in [-0.25, -0.2) is 4.98 Å². The van der Waals surface area contributed by atoms with Crippen LogP contribution in [0.15, 0.2) is 90.1 Å². The number of fused-ring (bicyclic) bond motifs is 10. The van der Waals surface area contributed by atoms with Crippen LogP contribution in [-0.4, -0.2) is 9.55 Å². The first-order chi connectivity index (χ1) is 15.8. The van der Waals surface area contributed by atoms with Crippen LogP contribution in [0.1, 0.15) is 43.0 Å². The van der Waals surface area contributed by atoms with Crippen LogP contribution in [0, 0.1) is 0 Å². The van der Waals surface area contributed by atoms with Crippen molar-refractivity contribution in [3.05, 3.63) is 101 Å². The van der Waals surface area contributed by atoms with Crippen LogP contribution in [0.4, 0.5) is 5.69 Å². The second-order valence-electron chi connectivity index (χ2n) is 8.78. The fourth-order valence-electron chi connectivity index (χ4n) is 5.63. The summed E-state index contributed by atoms with van der Waals surface area (Å²) in [5.74, 6) is 1.06. The summed E-state index contributed by atoms with van der Waals surface area (Å²) in [6, 6.07) is 26.3. The highest BCUT2D eigenvalue weighted by molar-refractivity contribution is 14.1. The minimum Gasteiger partial charge on any atom is -0.314 e. The number of allylic oxidation sites excluding steroid dienone is 2. The summed E-state index contributed by atoms with van der Waals surface area (Å²) in [5, 5.41) is 0. The van der Waals surface area contributed by atoms with Crippen molar-refractivity contribution in [3.8, 4) is 11.4 Å². The summed E-state index contributed by atoms with van der Waals surface area (Å²) in [7, 11) is 0. The summed E-state index contributed by atoms with van der Waals surface area (Å²) in [5.41, 5.74) is 10.3. The molecule has 3 nitrogen and oxygen atoms in total. The maximum atomic E-state index is 5.12. The van der Waals surface area contributed by atoms with E-state index in [4.69, 9.17) is 4.98 Å². The molecule has 0 spiro atoms. The van der Waals surface area contributed by atoms with Gasteiger partial charge in [-0.1, -0.05) is 54.6 Å². The molecule has 2 aliphatic heterocycles. The third-order valence-corrected chi connectivity index (χ3v) is 8.10. The maximum absolute atomic E-state index is 5.12. The molecule has 0 fully saturated rings. The van der Waals surface area contributed by atoms with E-state index in [0.29, 0.717) is 0 Å². The molecule has 3 aliphatic rings. The van der Waals surface area contributed by atoms with Crippen LogP contribution in [0.25, 0.3) is 26.0 Å². The van der Waals surface area contributed by atoms with Crippen molar-refractivity contribution in [1.29, 1.82) is 0 Å². The Bertz CT molecular complexity index is 1460. The molecule has 7 rings (SSSR count). The minimum absolute atomic E-state index is 0.0554. The number of hydrogen-bond acceptors (Lipinski definition) is 2. The molecule has 0 N–H and O–H groups in total. The summed E-state index contributed by atoms with van der Waals surface area (Å²) in [6.45, 7) is 0. The molecular weight excluding hydrogens is 505 g/mol. The predicted molar refractivity (Wildman–Crippen MR) is 140 cm³/mol. The molecule has 3 heterocycles. The summed E-state index contributed by atoms with van der Waals surface area (Å²) in [6.07, 6.45) is 7.41. The van der Waals surface area contributed by atoms with Crippen molar-refractivity contribution >= 4 is 42.9 Å². The molecule has 0 amide bonds. The zero-order valence-electron chi connectivity index (χ0n) is 17.6. The van der Waals surface area contributed by atoms with Gasteiger partial charge in [-0.3, -0.25) is 4.57 Å². The topological polar surface area (TPSA) is 21.1 Å². The lowest BCUT2D eigenvalue weighted by molar-refractivity contribution is 0.573. The SMILES string of the molecule is IC1=C(C2=CCCCC2)N2c3ccccc3-c3nc4ccccc4n3C2c2ccccc21. The molecule has 0 bridgehead atoms. The molecule has 1 aromatic heterocycles. The van der Waals surface area contributed by atoms with Gasteiger partial charge in [-0.05, 0) is 83.7 Å². The highest BCUT2D eigenvalue weighted by Crippen LogP contribution is 2.54. The van der Waals surface area contributed by atoms with Crippen LogP contribution >= 0.6 is 22.6 Å². The number of halogens is 1. The molecule has 4 heteroatoms. The Morgan fingerprint density at radius 1 is 0.844 bits per heavy atom. The standard InChI is InChI=1S/C28H22IN3/c29-25-19-12-4-5-13-20(19)28-31(26(25)18-10-2-1-3-11-18)23-16-8-6-14-21(23)27-30-22-15-7-9-17-24(22)32(27)28/h4-10,12-17,28H,1-3,11H2. The molecule has 1 atom stereocenters. The maximum Gasteiger partial charge on any atom is 0.145 e. The van der Waals surface area contributed by atoms with Crippen molar-refractivity contribution in [3.63, 3.8) is 0 Å². The lowest BCUT2D eigenvalue weighted by Crippen LogP contribution is -2.40. The van der Waals surface area contributed by atoms with Crippen LogP contribution in [0.3, 0.4) is 0 Å². The number of nitrogens with zero attached hydrogens (tertiary/aromatic N) is 3. The lowest BCUT2D eigenvalue weighted by Gasteiger charge is -2.46. The molecule has 32 heavy (non-hydrogen) atoms. The van der Waals surface area contributed by atoms with E-state index in [1.54, 1.807) is 0 Å². The first-order valence-electron chi connectivity index (χ1n) is 11.4. The van der Waals surface area contributed by atoms with Gasteiger partial charge in [0, 0.05) is 14.7 Å². The molecule has 0 saturated carbocycles. The smallest absolute Gasteiger partial charge is 0.145 e. The van der Waals surface area contributed by atoms with Crippen molar-refractivity contribution in [1.82, 2.24) is 9.55 Å². The normalized spacial score (nSPS) is 19.2. The predicted octanol–water partition coefficient (Wildman–Crippen LogP) is 7.69. The van der Waals surface area contributed by atoms with Gasteiger partial charge in [-0.2, -0.15) is 0 Å². The van der Waals surface area contributed by atoms with Crippen molar-refractivity contribution in [2.24, 2.45) is 0 Å².